The van der Waals surface area contributed by atoms with Crippen LogP contribution in [-0.2, 0) is 0 Å². The average Bonchev–Trinajstić information content (AvgIpc) is 2.21. The fraction of sp³-hybridized carbons (Fsp3) is 0.100. The third kappa shape index (κ3) is 1.74. The molecule has 14 heavy (non-hydrogen) atoms. The SMILES string of the molecule is O=C1N=CC(c2ccc(F)cc2)C=N1. The van der Waals surface area contributed by atoms with Crippen molar-refractivity contribution in [1.82, 2.24) is 0 Å². The molecule has 3 nitrogen and oxygen atoms in total. The minimum Gasteiger partial charge on any atom is -0.244 e. The van der Waals surface area contributed by atoms with Gasteiger partial charge in [0.25, 0.3) is 0 Å². The van der Waals surface area contributed by atoms with Gasteiger partial charge in [0.1, 0.15) is 5.82 Å². The van der Waals surface area contributed by atoms with E-state index in [1.807, 2.05) is 0 Å². The third-order valence-corrected chi connectivity index (χ3v) is 1.95. The molecule has 1 heterocycles. The van der Waals surface area contributed by atoms with Gasteiger partial charge >= 0.3 is 6.03 Å². The molecule has 0 unspecified atom stereocenters. The number of halogens is 1. The average molecular weight is 190 g/mol. The molecule has 1 aromatic carbocycles. The summed E-state index contributed by atoms with van der Waals surface area (Å²) in [7, 11) is 0. The molecule has 0 fully saturated rings. The zero-order valence-electron chi connectivity index (χ0n) is 7.22. The van der Waals surface area contributed by atoms with Crippen molar-refractivity contribution in [2.45, 2.75) is 5.92 Å². The maximum Gasteiger partial charge on any atom is 0.366 e. The Morgan fingerprint density at radius 2 is 1.64 bits per heavy atom. The molecule has 0 aliphatic carbocycles. The molecule has 0 N–H and O–H groups in total. The first-order valence-electron chi connectivity index (χ1n) is 4.13. The summed E-state index contributed by atoms with van der Waals surface area (Å²) in [6.45, 7) is 0. The molecule has 0 aromatic heterocycles. The van der Waals surface area contributed by atoms with E-state index < -0.39 is 6.03 Å². The second-order valence-corrected chi connectivity index (χ2v) is 2.92. The lowest BCUT2D eigenvalue weighted by molar-refractivity contribution is 0.257. The van der Waals surface area contributed by atoms with Crippen molar-refractivity contribution in [1.29, 1.82) is 0 Å². The highest BCUT2D eigenvalue weighted by Gasteiger charge is 2.10. The Kier molecular flexibility index (Phi) is 2.18. The molecule has 0 saturated carbocycles. The van der Waals surface area contributed by atoms with E-state index in [2.05, 4.69) is 9.98 Å². The minimum absolute atomic E-state index is 0.131. The molecule has 1 aliphatic rings. The molecule has 2 amide bonds. The first-order chi connectivity index (χ1) is 6.75. The fourth-order valence-corrected chi connectivity index (χ4v) is 1.22. The molecule has 0 radical (unpaired) electrons. The second kappa shape index (κ2) is 3.49. The largest absolute Gasteiger partial charge is 0.366 e. The number of carbonyl (C=O) groups is 1. The van der Waals surface area contributed by atoms with Crippen LogP contribution in [0.3, 0.4) is 0 Å². The predicted molar refractivity (Wildman–Crippen MR) is 51.5 cm³/mol. The van der Waals surface area contributed by atoms with Gasteiger partial charge in [0.05, 0.1) is 5.92 Å². The maximum atomic E-state index is 12.6. The summed E-state index contributed by atoms with van der Waals surface area (Å²) < 4.78 is 12.6. The van der Waals surface area contributed by atoms with Crippen LogP contribution in [-0.4, -0.2) is 18.5 Å². The number of amides is 2. The van der Waals surface area contributed by atoms with Gasteiger partial charge in [-0.2, -0.15) is 0 Å². The van der Waals surface area contributed by atoms with Gasteiger partial charge in [-0.05, 0) is 17.7 Å². The van der Waals surface area contributed by atoms with Gasteiger partial charge in [-0.3, -0.25) is 0 Å². The van der Waals surface area contributed by atoms with E-state index in [4.69, 9.17) is 0 Å². The third-order valence-electron chi connectivity index (χ3n) is 1.95. The predicted octanol–water partition coefficient (Wildman–Crippen LogP) is 2.18. The maximum absolute atomic E-state index is 12.6. The lowest BCUT2D eigenvalue weighted by Gasteiger charge is -2.08. The van der Waals surface area contributed by atoms with Crippen molar-refractivity contribution >= 4 is 18.5 Å². The summed E-state index contributed by atoms with van der Waals surface area (Å²) in [5.74, 6) is -0.414. The summed E-state index contributed by atoms with van der Waals surface area (Å²) >= 11 is 0. The lowest BCUT2D eigenvalue weighted by atomic mass is 10.0. The molecule has 1 aliphatic heterocycles. The summed E-state index contributed by atoms with van der Waals surface area (Å²) in [6, 6.07) is 5.53. The molecular weight excluding hydrogens is 183 g/mol. The van der Waals surface area contributed by atoms with E-state index in [0.717, 1.165) is 5.56 Å². The molecule has 4 heteroatoms. The van der Waals surface area contributed by atoms with Crippen LogP contribution in [0.5, 0.6) is 0 Å². The Labute approximate surface area is 80.0 Å². The molecule has 70 valence electrons. The lowest BCUT2D eigenvalue weighted by Crippen LogP contribution is -2.08. The Balaban J connectivity index is 2.24. The second-order valence-electron chi connectivity index (χ2n) is 2.92. The van der Waals surface area contributed by atoms with Gasteiger partial charge < -0.3 is 0 Å². The van der Waals surface area contributed by atoms with Gasteiger partial charge in [-0.25, -0.2) is 19.2 Å². The highest BCUT2D eigenvalue weighted by atomic mass is 19.1. The first-order valence-corrected chi connectivity index (χ1v) is 4.13. The van der Waals surface area contributed by atoms with E-state index in [1.165, 1.54) is 24.6 Å². The van der Waals surface area contributed by atoms with Crippen LogP contribution < -0.4 is 0 Å². The van der Waals surface area contributed by atoms with Crippen LogP contribution in [0.2, 0.25) is 0 Å². The molecule has 2 rings (SSSR count). The van der Waals surface area contributed by atoms with Gasteiger partial charge in [-0.1, -0.05) is 12.1 Å². The smallest absolute Gasteiger partial charge is 0.244 e. The van der Waals surface area contributed by atoms with Crippen LogP contribution in [0.15, 0.2) is 34.3 Å². The van der Waals surface area contributed by atoms with E-state index >= 15 is 0 Å². The summed E-state index contributed by atoms with van der Waals surface area (Å²) in [5.41, 5.74) is 0.867. The van der Waals surface area contributed by atoms with Crippen LogP contribution in [0.4, 0.5) is 9.18 Å². The Hall–Kier alpha value is -1.84. The van der Waals surface area contributed by atoms with E-state index in [-0.39, 0.29) is 11.7 Å². The van der Waals surface area contributed by atoms with Gasteiger partial charge in [0.15, 0.2) is 0 Å². The van der Waals surface area contributed by atoms with Crippen LogP contribution in [0, 0.1) is 5.82 Å². The number of carbonyl (C=O) groups excluding carboxylic acids is 1. The van der Waals surface area contributed by atoms with Crippen LogP contribution in [0.25, 0.3) is 0 Å². The van der Waals surface area contributed by atoms with Crippen LogP contribution in [0.1, 0.15) is 11.5 Å². The topological polar surface area (TPSA) is 41.8 Å². The Morgan fingerprint density at radius 3 is 2.21 bits per heavy atom. The summed E-state index contributed by atoms with van der Waals surface area (Å²) in [5, 5.41) is 0. The molecule has 0 saturated heterocycles. The fourth-order valence-electron chi connectivity index (χ4n) is 1.22. The minimum atomic E-state index is -0.497. The highest BCUT2D eigenvalue weighted by Crippen LogP contribution is 2.14. The van der Waals surface area contributed by atoms with Crippen molar-refractivity contribution in [3.8, 4) is 0 Å². The van der Waals surface area contributed by atoms with E-state index in [1.54, 1.807) is 12.1 Å². The normalized spacial score (nSPS) is 16.2. The zero-order chi connectivity index (χ0) is 9.97. The number of hydrogen-bond donors (Lipinski definition) is 0. The number of urea groups is 1. The van der Waals surface area contributed by atoms with E-state index in [9.17, 15) is 9.18 Å². The van der Waals surface area contributed by atoms with Gasteiger partial charge in [0.2, 0.25) is 0 Å². The Bertz CT molecular complexity index is 393. The number of aliphatic imine (C=N–C) groups is 2. The zero-order valence-corrected chi connectivity index (χ0v) is 7.22. The van der Waals surface area contributed by atoms with Crippen molar-refractivity contribution in [3.05, 3.63) is 35.6 Å². The molecule has 0 atom stereocenters. The first kappa shape index (κ1) is 8.74. The Morgan fingerprint density at radius 1 is 1.07 bits per heavy atom. The quantitative estimate of drug-likeness (QED) is 0.669. The molecular formula is C10H7FN2O. The van der Waals surface area contributed by atoms with E-state index in [0.29, 0.717) is 0 Å². The monoisotopic (exact) mass is 190 g/mol. The molecule has 1 aromatic rings. The number of rotatable bonds is 1. The molecule has 0 bridgehead atoms. The van der Waals surface area contributed by atoms with Crippen molar-refractivity contribution < 1.29 is 9.18 Å². The number of benzene rings is 1. The van der Waals surface area contributed by atoms with Crippen molar-refractivity contribution in [2.75, 3.05) is 0 Å². The van der Waals surface area contributed by atoms with Crippen molar-refractivity contribution in [3.63, 3.8) is 0 Å². The standard InChI is InChI=1S/C10H7FN2O/c11-9-3-1-7(2-4-9)8-5-12-10(14)13-6-8/h1-6,8H. The van der Waals surface area contributed by atoms with Gasteiger partial charge in [0, 0.05) is 12.4 Å². The van der Waals surface area contributed by atoms with Crippen molar-refractivity contribution in [2.24, 2.45) is 9.98 Å². The van der Waals surface area contributed by atoms with Gasteiger partial charge in [-0.15, -0.1) is 0 Å². The summed E-state index contributed by atoms with van der Waals surface area (Å²) in [4.78, 5) is 17.7. The summed E-state index contributed by atoms with van der Waals surface area (Å²) in [6.07, 6.45) is 3.01. The highest BCUT2D eigenvalue weighted by molar-refractivity contribution is 6.03. The molecule has 0 spiro atoms. The number of nitrogens with zero attached hydrogens (tertiary/aromatic N) is 2. The van der Waals surface area contributed by atoms with Crippen LogP contribution >= 0.6 is 0 Å². The number of hydrogen-bond acceptors (Lipinski definition) is 1.